The van der Waals surface area contributed by atoms with Crippen molar-refractivity contribution >= 4 is 10.9 Å². The number of fused-ring (bicyclic) bond motifs is 3. The van der Waals surface area contributed by atoms with Crippen LogP contribution in [-0.2, 0) is 13.1 Å². The third-order valence-electron chi connectivity index (χ3n) is 3.57. The largest absolute Gasteiger partial charge is 0.339 e. The predicted octanol–water partition coefficient (Wildman–Crippen LogP) is 3.01. The maximum Gasteiger partial charge on any atom is 0.147 e. The van der Waals surface area contributed by atoms with E-state index in [9.17, 15) is 4.39 Å². The van der Waals surface area contributed by atoms with Gasteiger partial charge < -0.3 is 9.88 Å². The lowest BCUT2D eigenvalue weighted by Gasteiger charge is -2.19. The van der Waals surface area contributed by atoms with Gasteiger partial charge in [0, 0.05) is 30.7 Å². The molecule has 1 aromatic heterocycles. The van der Waals surface area contributed by atoms with Crippen LogP contribution >= 0.6 is 0 Å². The third-order valence-corrected chi connectivity index (χ3v) is 3.57. The quantitative estimate of drug-likeness (QED) is 0.799. The number of halogens is 1. The van der Waals surface area contributed by atoms with Crippen molar-refractivity contribution in [1.29, 1.82) is 0 Å². The van der Waals surface area contributed by atoms with E-state index in [1.54, 1.807) is 6.07 Å². The Kier molecular flexibility index (Phi) is 2.44. The lowest BCUT2D eigenvalue weighted by molar-refractivity contribution is 0.513. The van der Waals surface area contributed by atoms with Crippen LogP contribution in [-0.4, -0.2) is 11.1 Å². The van der Waals surface area contributed by atoms with Gasteiger partial charge in [0.25, 0.3) is 0 Å². The maximum atomic E-state index is 14.0. The molecule has 17 heavy (non-hydrogen) atoms. The zero-order valence-corrected chi connectivity index (χ0v) is 10.3. The number of benzene rings is 1. The van der Waals surface area contributed by atoms with Crippen LogP contribution in [0.3, 0.4) is 0 Å². The van der Waals surface area contributed by atoms with Gasteiger partial charge in [-0.05, 0) is 17.5 Å². The van der Waals surface area contributed by atoms with Gasteiger partial charge in [0.2, 0.25) is 0 Å². The van der Waals surface area contributed by atoms with Crippen LogP contribution < -0.4 is 5.32 Å². The van der Waals surface area contributed by atoms with Crippen LogP contribution in [0.4, 0.5) is 4.39 Å². The SMILES string of the molecule is CC(C)c1c2n(c3c(F)cccc13)CCNC2. The van der Waals surface area contributed by atoms with E-state index in [0.29, 0.717) is 5.92 Å². The second-order valence-electron chi connectivity index (χ2n) is 4.98. The number of nitrogens with zero attached hydrogens (tertiary/aromatic N) is 1. The van der Waals surface area contributed by atoms with Gasteiger partial charge in [-0.2, -0.15) is 0 Å². The molecule has 1 aliphatic rings. The molecule has 0 amide bonds. The average molecular weight is 232 g/mol. The molecule has 90 valence electrons. The van der Waals surface area contributed by atoms with Crippen molar-refractivity contribution in [3.63, 3.8) is 0 Å². The van der Waals surface area contributed by atoms with Crippen LogP contribution in [0.2, 0.25) is 0 Å². The molecule has 0 radical (unpaired) electrons. The minimum atomic E-state index is -0.0995. The van der Waals surface area contributed by atoms with Crippen molar-refractivity contribution in [3.8, 4) is 0 Å². The molecule has 0 saturated heterocycles. The van der Waals surface area contributed by atoms with Crippen LogP contribution in [0.25, 0.3) is 10.9 Å². The van der Waals surface area contributed by atoms with Crippen LogP contribution in [0.1, 0.15) is 31.0 Å². The Morgan fingerprint density at radius 1 is 1.35 bits per heavy atom. The van der Waals surface area contributed by atoms with Gasteiger partial charge >= 0.3 is 0 Å². The first-order valence-corrected chi connectivity index (χ1v) is 6.20. The molecule has 2 aromatic rings. The van der Waals surface area contributed by atoms with E-state index in [-0.39, 0.29) is 5.82 Å². The highest BCUT2D eigenvalue weighted by Gasteiger charge is 2.22. The molecule has 3 rings (SSSR count). The van der Waals surface area contributed by atoms with Crippen molar-refractivity contribution in [2.24, 2.45) is 0 Å². The Bertz CT molecular complexity index is 569. The van der Waals surface area contributed by atoms with Gasteiger partial charge in [0.05, 0.1) is 5.52 Å². The Labute approximate surface area is 100 Å². The molecule has 0 saturated carbocycles. The first-order valence-electron chi connectivity index (χ1n) is 6.20. The Morgan fingerprint density at radius 2 is 2.18 bits per heavy atom. The highest BCUT2D eigenvalue weighted by atomic mass is 19.1. The normalized spacial score (nSPS) is 15.5. The van der Waals surface area contributed by atoms with Gasteiger partial charge in [-0.25, -0.2) is 4.39 Å². The third kappa shape index (κ3) is 1.49. The molecular weight excluding hydrogens is 215 g/mol. The second-order valence-corrected chi connectivity index (χ2v) is 4.98. The topological polar surface area (TPSA) is 17.0 Å². The first-order chi connectivity index (χ1) is 8.20. The highest BCUT2D eigenvalue weighted by Crippen LogP contribution is 2.34. The molecule has 0 bridgehead atoms. The summed E-state index contributed by atoms with van der Waals surface area (Å²) in [7, 11) is 0. The lowest BCUT2D eigenvalue weighted by Crippen LogP contribution is -2.28. The summed E-state index contributed by atoms with van der Waals surface area (Å²) < 4.78 is 16.2. The molecule has 1 N–H and O–H groups in total. The summed E-state index contributed by atoms with van der Waals surface area (Å²) in [6.45, 7) is 6.98. The lowest BCUT2D eigenvalue weighted by atomic mass is 9.99. The summed E-state index contributed by atoms with van der Waals surface area (Å²) in [5.41, 5.74) is 3.34. The summed E-state index contributed by atoms with van der Waals surface area (Å²) in [5.74, 6) is 0.327. The first kappa shape index (κ1) is 10.8. The fourth-order valence-corrected chi connectivity index (χ4v) is 2.92. The van der Waals surface area contributed by atoms with Gasteiger partial charge in [-0.1, -0.05) is 26.0 Å². The molecule has 0 spiro atoms. The minimum Gasteiger partial charge on any atom is -0.339 e. The van der Waals surface area contributed by atoms with Gasteiger partial charge in [-0.15, -0.1) is 0 Å². The average Bonchev–Trinajstić information content (AvgIpc) is 2.64. The van der Waals surface area contributed by atoms with E-state index in [2.05, 4.69) is 23.7 Å². The van der Waals surface area contributed by atoms with Gasteiger partial charge in [-0.3, -0.25) is 0 Å². The van der Waals surface area contributed by atoms with E-state index < -0.39 is 0 Å². The number of hydrogen-bond donors (Lipinski definition) is 1. The molecule has 1 aromatic carbocycles. The number of rotatable bonds is 1. The molecule has 3 heteroatoms. The fraction of sp³-hybridized carbons (Fsp3) is 0.429. The van der Waals surface area contributed by atoms with Gasteiger partial charge in [0.15, 0.2) is 0 Å². The molecule has 1 aliphatic heterocycles. The number of hydrogen-bond acceptors (Lipinski definition) is 1. The zero-order valence-electron chi connectivity index (χ0n) is 10.3. The summed E-state index contributed by atoms with van der Waals surface area (Å²) in [4.78, 5) is 0. The molecule has 0 atom stereocenters. The van der Waals surface area contributed by atoms with Crippen LogP contribution in [0.5, 0.6) is 0 Å². The Balaban J connectivity index is 2.42. The molecule has 2 nitrogen and oxygen atoms in total. The van der Waals surface area contributed by atoms with Crippen molar-refractivity contribution in [2.45, 2.75) is 32.9 Å². The van der Waals surface area contributed by atoms with Crippen LogP contribution in [0, 0.1) is 5.82 Å². The van der Waals surface area contributed by atoms with E-state index >= 15 is 0 Å². The predicted molar refractivity (Wildman–Crippen MR) is 67.7 cm³/mol. The van der Waals surface area contributed by atoms with E-state index in [1.807, 2.05) is 12.1 Å². The highest BCUT2D eigenvalue weighted by molar-refractivity contribution is 5.86. The molecular formula is C14H17FN2. The summed E-state index contributed by atoms with van der Waals surface area (Å²) in [6, 6.07) is 5.41. The van der Waals surface area contributed by atoms with Crippen molar-refractivity contribution in [3.05, 3.63) is 35.3 Å². The van der Waals surface area contributed by atoms with Crippen molar-refractivity contribution in [2.75, 3.05) is 6.54 Å². The summed E-state index contributed by atoms with van der Waals surface area (Å²) in [5, 5.41) is 4.46. The number of para-hydroxylation sites is 1. The molecule has 0 unspecified atom stereocenters. The number of nitrogens with one attached hydrogen (secondary N) is 1. The molecule has 0 fully saturated rings. The van der Waals surface area contributed by atoms with E-state index in [0.717, 1.165) is 30.5 Å². The fourth-order valence-electron chi connectivity index (χ4n) is 2.92. The monoisotopic (exact) mass is 232 g/mol. The summed E-state index contributed by atoms with van der Waals surface area (Å²) >= 11 is 0. The standard InChI is InChI=1S/C14H17FN2/c1-9(2)13-10-4-3-5-11(15)14(10)17-7-6-16-8-12(13)17/h3-5,9,16H,6-8H2,1-2H3. The molecule has 0 aliphatic carbocycles. The van der Waals surface area contributed by atoms with Crippen molar-refractivity contribution < 1.29 is 4.39 Å². The van der Waals surface area contributed by atoms with Crippen LogP contribution in [0.15, 0.2) is 18.2 Å². The van der Waals surface area contributed by atoms with Crippen molar-refractivity contribution in [1.82, 2.24) is 9.88 Å². The smallest absolute Gasteiger partial charge is 0.147 e. The van der Waals surface area contributed by atoms with E-state index in [1.165, 1.54) is 11.3 Å². The second kappa shape index (κ2) is 3.84. The summed E-state index contributed by atoms with van der Waals surface area (Å²) in [6.07, 6.45) is 0. The minimum absolute atomic E-state index is 0.0995. The van der Waals surface area contributed by atoms with Gasteiger partial charge in [0.1, 0.15) is 5.82 Å². The molecule has 2 heterocycles. The van der Waals surface area contributed by atoms with E-state index in [4.69, 9.17) is 0 Å². The Hall–Kier alpha value is -1.35. The Morgan fingerprint density at radius 3 is 2.94 bits per heavy atom. The maximum absolute atomic E-state index is 14.0. The number of aromatic nitrogens is 1. The zero-order chi connectivity index (χ0) is 12.0.